The lowest BCUT2D eigenvalue weighted by atomic mass is 10.0. The van der Waals surface area contributed by atoms with Crippen LogP contribution in [-0.2, 0) is 0 Å². The van der Waals surface area contributed by atoms with Crippen molar-refractivity contribution in [2.75, 3.05) is 23.7 Å². The molecule has 2 rings (SSSR count). The van der Waals surface area contributed by atoms with Crippen LogP contribution >= 0.6 is 11.5 Å². The Labute approximate surface area is 87.5 Å². The summed E-state index contributed by atoms with van der Waals surface area (Å²) in [6.45, 7) is 3.77. The SMILES string of the molecule is CC(O)C1CCN(c2cc(N)ns2)C1. The molecule has 1 aromatic rings. The van der Waals surface area contributed by atoms with Crippen LogP contribution in [0, 0.1) is 5.92 Å². The Bertz CT molecular complexity index is 313. The second kappa shape index (κ2) is 3.74. The zero-order valence-corrected chi connectivity index (χ0v) is 9.00. The van der Waals surface area contributed by atoms with Gasteiger partial charge in [-0.1, -0.05) is 0 Å². The molecule has 0 radical (unpaired) electrons. The number of hydrogen-bond donors (Lipinski definition) is 2. The monoisotopic (exact) mass is 213 g/mol. The number of aromatic nitrogens is 1. The molecule has 4 nitrogen and oxygen atoms in total. The minimum atomic E-state index is -0.217. The van der Waals surface area contributed by atoms with Crippen molar-refractivity contribution in [3.8, 4) is 0 Å². The highest BCUT2D eigenvalue weighted by Crippen LogP contribution is 2.29. The van der Waals surface area contributed by atoms with Crippen LogP contribution in [0.2, 0.25) is 0 Å². The van der Waals surface area contributed by atoms with Crippen LogP contribution in [-0.4, -0.2) is 28.7 Å². The van der Waals surface area contributed by atoms with Gasteiger partial charge in [0.1, 0.15) is 10.8 Å². The lowest BCUT2D eigenvalue weighted by Crippen LogP contribution is -2.23. The molecule has 1 aliphatic rings. The minimum Gasteiger partial charge on any atom is -0.393 e. The smallest absolute Gasteiger partial charge is 0.139 e. The number of aliphatic hydroxyl groups is 1. The molecule has 0 aromatic carbocycles. The van der Waals surface area contributed by atoms with Gasteiger partial charge in [-0.25, -0.2) is 0 Å². The predicted octanol–water partition coefficient (Wildman–Crippen LogP) is 0.932. The van der Waals surface area contributed by atoms with Crippen molar-refractivity contribution in [1.82, 2.24) is 4.37 Å². The van der Waals surface area contributed by atoms with Crippen molar-refractivity contribution >= 4 is 22.4 Å². The van der Waals surface area contributed by atoms with Crippen LogP contribution in [0.5, 0.6) is 0 Å². The van der Waals surface area contributed by atoms with Crippen LogP contribution < -0.4 is 10.6 Å². The van der Waals surface area contributed by atoms with Gasteiger partial charge in [-0.05, 0) is 24.9 Å². The van der Waals surface area contributed by atoms with Crippen LogP contribution in [0.4, 0.5) is 10.8 Å². The van der Waals surface area contributed by atoms with Crippen molar-refractivity contribution in [2.24, 2.45) is 5.92 Å². The molecule has 14 heavy (non-hydrogen) atoms. The molecule has 3 N–H and O–H groups in total. The van der Waals surface area contributed by atoms with E-state index < -0.39 is 0 Å². The van der Waals surface area contributed by atoms with Gasteiger partial charge in [0.25, 0.3) is 0 Å². The molecule has 1 saturated heterocycles. The second-order valence-electron chi connectivity index (χ2n) is 3.83. The second-order valence-corrected chi connectivity index (χ2v) is 4.61. The van der Waals surface area contributed by atoms with Crippen molar-refractivity contribution < 1.29 is 5.11 Å². The van der Waals surface area contributed by atoms with Crippen LogP contribution in [0.15, 0.2) is 6.07 Å². The summed E-state index contributed by atoms with van der Waals surface area (Å²) in [4.78, 5) is 2.24. The zero-order chi connectivity index (χ0) is 10.1. The highest BCUT2D eigenvalue weighted by atomic mass is 32.1. The summed E-state index contributed by atoms with van der Waals surface area (Å²) in [7, 11) is 0. The van der Waals surface area contributed by atoms with Gasteiger partial charge in [0.15, 0.2) is 0 Å². The molecule has 1 aromatic heterocycles. The van der Waals surface area contributed by atoms with Crippen LogP contribution in [0.3, 0.4) is 0 Å². The summed E-state index contributed by atoms with van der Waals surface area (Å²) in [5, 5.41) is 10.6. The number of anilines is 2. The van der Waals surface area contributed by atoms with E-state index in [1.54, 1.807) is 0 Å². The third-order valence-electron chi connectivity index (χ3n) is 2.73. The molecule has 2 unspecified atom stereocenters. The van der Waals surface area contributed by atoms with Gasteiger partial charge in [0.2, 0.25) is 0 Å². The fraction of sp³-hybridized carbons (Fsp3) is 0.667. The van der Waals surface area contributed by atoms with Gasteiger partial charge in [-0.3, -0.25) is 0 Å². The van der Waals surface area contributed by atoms with Gasteiger partial charge in [0.05, 0.1) is 6.10 Å². The number of rotatable bonds is 2. The first-order valence-electron chi connectivity index (χ1n) is 4.82. The topological polar surface area (TPSA) is 62.4 Å². The minimum absolute atomic E-state index is 0.217. The molecular weight excluding hydrogens is 198 g/mol. The molecule has 5 heteroatoms. The molecular formula is C9H15N3OS. The van der Waals surface area contributed by atoms with Crippen molar-refractivity contribution in [3.05, 3.63) is 6.07 Å². The fourth-order valence-electron chi connectivity index (χ4n) is 1.81. The van der Waals surface area contributed by atoms with Gasteiger partial charge in [0, 0.05) is 25.1 Å². The molecule has 0 aliphatic carbocycles. The Hall–Kier alpha value is -0.810. The molecule has 0 saturated carbocycles. The highest BCUT2D eigenvalue weighted by molar-refractivity contribution is 7.10. The Balaban J connectivity index is 2.02. The van der Waals surface area contributed by atoms with E-state index >= 15 is 0 Å². The van der Waals surface area contributed by atoms with E-state index in [4.69, 9.17) is 5.73 Å². The van der Waals surface area contributed by atoms with E-state index in [0.29, 0.717) is 11.7 Å². The quantitative estimate of drug-likeness (QED) is 0.767. The maximum atomic E-state index is 9.46. The standard InChI is InChI=1S/C9H15N3OS/c1-6(13)7-2-3-12(5-7)9-4-8(10)11-14-9/h4,6-7,13H,2-3,5H2,1H3,(H2,10,11). The first-order valence-corrected chi connectivity index (χ1v) is 5.59. The number of aliphatic hydroxyl groups excluding tert-OH is 1. The third kappa shape index (κ3) is 1.83. The van der Waals surface area contributed by atoms with E-state index in [1.807, 2.05) is 13.0 Å². The Morgan fingerprint density at radius 1 is 1.79 bits per heavy atom. The Morgan fingerprint density at radius 2 is 2.57 bits per heavy atom. The van der Waals surface area contributed by atoms with Crippen molar-refractivity contribution in [1.29, 1.82) is 0 Å². The molecule has 2 heterocycles. The molecule has 1 aliphatic heterocycles. The largest absolute Gasteiger partial charge is 0.393 e. The predicted molar refractivity (Wildman–Crippen MR) is 58.5 cm³/mol. The first kappa shape index (κ1) is 9.73. The summed E-state index contributed by atoms with van der Waals surface area (Å²) in [6, 6.07) is 1.90. The summed E-state index contributed by atoms with van der Waals surface area (Å²) in [5.41, 5.74) is 5.56. The van der Waals surface area contributed by atoms with E-state index in [-0.39, 0.29) is 6.10 Å². The van der Waals surface area contributed by atoms with E-state index in [1.165, 1.54) is 11.5 Å². The Morgan fingerprint density at radius 3 is 3.07 bits per heavy atom. The summed E-state index contributed by atoms with van der Waals surface area (Å²) in [6.07, 6.45) is 0.834. The van der Waals surface area contributed by atoms with E-state index in [0.717, 1.165) is 24.5 Å². The van der Waals surface area contributed by atoms with Crippen molar-refractivity contribution in [2.45, 2.75) is 19.4 Å². The molecule has 0 amide bonds. The molecule has 78 valence electrons. The first-order chi connectivity index (χ1) is 6.66. The average Bonchev–Trinajstić information content (AvgIpc) is 2.70. The van der Waals surface area contributed by atoms with E-state index in [2.05, 4.69) is 9.27 Å². The maximum absolute atomic E-state index is 9.46. The molecule has 0 spiro atoms. The number of hydrogen-bond acceptors (Lipinski definition) is 5. The molecule has 0 bridgehead atoms. The summed E-state index contributed by atoms with van der Waals surface area (Å²) >= 11 is 1.43. The van der Waals surface area contributed by atoms with E-state index in [9.17, 15) is 5.11 Å². The van der Waals surface area contributed by atoms with Gasteiger partial charge in [-0.2, -0.15) is 4.37 Å². The summed E-state index contributed by atoms with van der Waals surface area (Å²) < 4.78 is 4.05. The van der Waals surface area contributed by atoms with Crippen LogP contribution in [0.1, 0.15) is 13.3 Å². The number of nitrogens with two attached hydrogens (primary N) is 1. The fourth-order valence-corrected chi connectivity index (χ4v) is 2.52. The van der Waals surface area contributed by atoms with Gasteiger partial charge >= 0.3 is 0 Å². The lowest BCUT2D eigenvalue weighted by Gasteiger charge is -2.16. The van der Waals surface area contributed by atoms with Crippen LogP contribution in [0.25, 0.3) is 0 Å². The Kier molecular flexibility index (Phi) is 2.60. The zero-order valence-electron chi connectivity index (χ0n) is 8.18. The average molecular weight is 213 g/mol. The van der Waals surface area contributed by atoms with Crippen molar-refractivity contribution in [3.63, 3.8) is 0 Å². The lowest BCUT2D eigenvalue weighted by molar-refractivity contribution is 0.136. The molecule has 2 atom stereocenters. The third-order valence-corrected chi connectivity index (χ3v) is 3.60. The van der Waals surface area contributed by atoms with Gasteiger partial charge in [-0.15, -0.1) is 0 Å². The number of nitrogen functional groups attached to an aromatic ring is 1. The maximum Gasteiger partial charge on any atom is 0.139 e. The van der Waals surface area contributed by atoms with Gasteiger partial charge < -0.3 is 15.7 Å². The normalized spacial score (nSPS) is 24.1. The summed E-state index contributed by atoms with van der Waals surface area (Å²) in [5.74, 6) is 0.976. The molecule has 1 fully saturated rings. The number of nitrogens with zero attached hydrogens (tertiary/aromatic N) is 2. The highest BCUT2D eigenvalue weighted by Gasteiger charge is 2.26.